The van der Waals surface area contributed by atoms with E-state index in [0.29, 0.717) is 5.56 Å². The van der Waals surface area contributed by atoms with Crippen LogP contribution in [0.2, 0.25) is 0 Å². The molecule has 0 N–H and O–H groups in total. The molecule has 2 aromatic rings. The minimum Gasteiger partial charge on any atom is -0.383 e. The number of ketones is 1. The van der Waals surface area contributed by atoms with Gasteiger partial charge in [0.15, 0.2) is 5.78 Å². The van der Waals surface area contributed by atoms with Crippen LogP contribution in [0.5, 0.6) is 0 Å². The molecule has 0 unspecified atom stereocenters. The third kappa shape index (κ3) is 2.82. The first kappa shape index (κ1) is 12.0. The van der Waals surface area contributed by atoms with E-state index in [9.17, 15) is 4.79 Å². The van der Waals surface area contributed by atoms with E-state index in [4.69, 9.17) is 0 Å². The van der Waals surface area contributed by atoms with Gasteiger partial charge in [-0.3, -0.25) is 9.78 Å². The van der Waals surface area contributed by atoms with Gasteiger partial charge in [-0.1, -0.05) is 0 Å². The highest BCUT2D eigenvalue weighted by molar-refractivity contribution is 6.04. The summed E-state index contributed by atoms with van der Waals surface area (Å²) < 4.78 is 1.63. The van der Waals surface area contributed by atoms with Gasteiger partial charge in [-0.05, 0) is 12.1 Å². The van der Waals surface area contributed by atoms with Crippen molar-refractivity contribution in [2.75, 3.05) is 14.1 Å². The van der Waals surface area contributed by atoms with Crippen molar-refractivity contribution in [1.82, 2.24) is 19.7 Å². The highest BCUT2D eigenvalue weighted by Crippen LogP contribution is 2.07. The van der Waals surface area contributed by atoms with Crippen LogP contribution in [0.15, 0.2) is 49.2 Å². The molecule has 0 aliphatic rings. The third-order valence-corrected chi connectivity index (χ3v) is 2.30. The second kappa shape index (κ2) is 5.27. The van der Waals surface area contributed by atoms with Crippen LogP contribution in [0.1, 0.15) is 10.4 Å². The molecule has 5 nitrogen and oxygen atoms in total. The molecule has 0 radical (unpaired) electrons. The van der Waals surface area contributed by atoms with E-state index in [-0.39, 0.29) is 5.78 Å². The van der Waals surface area contributed by atoms with Gasteiger partial charge in [0.2, 0.25) is 0 Å². The average Bonchev–Trinajstić information content (AvgIpc) is 2.86. The van der Waals surface area contributed by atoms with Crippen LogP contribution < -0.4 is 0 Å². The average molecular weight is 242 g/mol. The van der Waals surface area contributed by atoms with Gasteiger partial charge in [0, 0.05) is 38.8 Å². The number of hydrogen-bond acceptors (Lipinski definition) is 4. The lowest BCUT2D eigenvalue weighted by Gasteiger charge is -2.01. The largest absolute Gasteiger partial charge is 0.383 e. The van der Waals surface area contributed by atoms with Gasteiger partial charge in [0.05, 0.1) is 23.6 Å². The molecule has 0 bridgehead atoms. The summed E-state index contributed by atoms with van der Waals surface area (Å²) in [4.78, 5) is 17.6. The first-order valence-electron chi connectivity index (χ1n) is 5.51. The van der Waals surface area contributed by atoms with E-state index in [0.717, 1.165) is 5.69 Å². The van der Waals surface area contributed by atoms with Crippen LogP contribution in [0.3, 0.4) is 0 Å². The second-order valence-electron chi connectivity index (χ2n) is 4.03. The molecule has 0 aromatic carbocycles. The predicted molar refractivity (Wildman–Crippen MR) is 68.5 cm³/mol. The van der Waals surface area contributed by atoms with Crippen molar-refractivity contribution in [2.45, 2.75) is 0 Å². The van der Waals surface area contributed by atoms with E-state index in [1.807, 2.05) is 31.1 Å². The van der Waals surface area contributed by atoms with Gasteiger partial charge in [0.1, 0.15) is 0 Å². The van der Waals surface area contributed by atoms with E-state index in [1.54, 1.807) is 35.7 Å². The summed E-state index contributed by atoms with van der Waals surface area (Å²) in [6.07, 6.45) is 9.86. The van der Waals surface area contributed by atoms with Gasteiger partial charge < -0.3 is 4.90 Å². The monoisotopic (exact) mass is 242 g/mol. The van der Waals surface area contributed by atoms with Gasteiger partial charge in [-0.2, -0.15) is 5.10 Å². The topological polar surface area (TPSA) is 51.0 Å². The zero-order valence-electron chi connectivity index (χ0n) is 10.3. The van der Waals surface area contributed by atoms with Crippen molar-refractivity contribution < 1.29 is 4.79 Å². The lowest BCUT2D eigenvalue weighted by atomic mass is 10.2. The Morgan fingerprint density at radius 1 is 1.39 bits per heavy atom. The van der Waals surface area contributed by atoms with Gasteiger partial charge in [-0.25, -0.2) is 4.68 Å². The molecular weight excluding hydrogens is 228 g/mol. The van der Waals surface area contributed by atoms with Gasteiger partial charge in [0.25, 0.3) is 0 Å². The number of carbonyl (C=O) groups is 1. The molecule has 2 aromatic heterocycles. The molecule has 0 saturated heterocycles. The SMILES string of the molecule is CN(C)C=CC(=O)c1cnn(-c2cccnc2)c1. The lowest BCUT2D eigenvalue weighted by molar-refractivity contribution is 0.104. The Labute approximate surface area is 105 Å². The zero-order valence-corrected chi connectivity index (χ0v) is 10.3. The fourth-order valence-electron chi connectivity index (χ4n) is 1.39. The number of carbonyl (C=O) groups excluding carboxylic acids is 1. The fraction of sp³-hybridized carbons (Fsp3) is 0.154. The molecule has 0 saturated carbocycles. The van der Waals surface area contributed by atoms with Crippen molar-refractivity contribution in [3.8, 4) is 5.69 Å². The van der Waals surface area contributed by atoms with Crippen molar-refractivity contribution in [3.63, 3.8) is 0 Å². The first-order valence-corrected chi connectivity index (χ1v) is 5.51. The maximum atomic E-state index is 11.8. The van der Waals surface area contributed by atoms with Gasteiger partial charge in [-0.15, -0.1) is 0 Å². The summed E-state index contributed by atoms with van der Waals surface area (Å²) in [6, 6.07) is 3.70. The third-order valence-electron chi connectivity index (χ3n) is 2.30. The molecule has 2 heterocycles. The van der Waals surface area contributed by atoms with Crippen LogP contribution in [0.25, 0.3) is 5.69 Å². The summed E-state index contributed by atoms with van der Waals surface area (Å²) in [5.74, 6) is -0.0705. The van der Waals surface area contributed by atoms with Crippen molar-refractivity contribution >= 4 is 5.78 Å². The molecule has 0 aliphatic carbocycles. The highest BCUT2D eigenvalue weighted by atomic mass is 16.1. The number of hydrogen-bond donors (Lipinski definition) is 0. The maximum absolute atomic E-state index is 11.8. The Morgan fingerprint density at radius 2 is 2.22 bits per heavy atom. The molecule has 0 amide bonds. The van der Waals surface area contributed by atoms with Crippen molar-refractivity contribution in [3.05, 3.63) is 54.8 Å². The first-order chi connectivity index (χ1) is 8.66. The molecule has 0 aliphatic heterocycles. The van der Waals surface area contributed by atoms with Crippen LogP contribution >= 0.6 is 0 Å². The minimum absolute atomic E-state index is 0.0705. The molecular formula is C13H14N4O. The van der Waals surface area contributed by atoms with E-state index in [2.05, 4.69) is 10.1 Å². The molecule has 0 fully saturated rings. The number of allylic oxidation sites excluding steroid dienone is 1. The smallest absolute Gasteiger partial charge is 0.190 e. The number of aromatic nitrogens is 3. The Balaban J connectivity index is 2.19. The number of nitrogens with zero attached hydrogens (tertiary/aromatic N) is 4. The van der Waals surface area contributed by atoms with Crippen molar-refractivity contribution in [2.24, 2.45) is 0 Å². The fourth-order valence-corrected chi connectivity index (χ4v) is 1.39. The van der Waals surface area contributed by atoms with E-state index in [1.165, 1.54) is 6.08 Å². The summed E-state index contributed by atoms with van der Waals surface area (Å²) in [5, 5.41) is 4.14. The quantitative estimate of drug-likeness (QED) is 0.602. The normalized spacial score (nSPS) is 10.8. The summed E-state index contributed by atoms with van der Waals surface area (Å²) in [7, 11) is 3.73. The van der Waals surface area contributed by atoms with Crippen LogP contribution in [0, 0.1) is 0 Å². The Kier molecular flexibility index (Phi) is 3.52. The maximum Gasteiger partial charge on any atom is 0.190 e. The Hall–Kier alpha value is -2.43. The van der Waals surface area contributed by atoms with E-state index < -0.39 is 0 Å². The molecule has 92 valence electrons. The summed E-state index contributed by atoms with van der Waals surface area (Å²) >= 11 is 0. The van der Waals surface area contributed by atoms with Crippen molar-refractivity contribution in [1.29, 1.82) is 0 Å². The molecule has 0 atom stereocenters. The van der Waals surface area contributed by atoms with Crippen LogP contribution in [-0.2, 0) is 0 Å². The molecule has 5 heteroatoms. The lowest BCUT2D eigenvalue weighted by Crippen LogP contribution is -2.02. The summed E-state index contributed by atoms with van der Waals surface area (Å²) in [5.41, 5.74) is 1.38. The standard InChI is InChI=1S/C13H14N4O/c1-16(2)7-5-13(18)11-8-15-17(10-11)12-4-3-6-14-9-12/h3-10H,1-2H3. The second-order valence-corrected chi connectivity index (χ2v) is 4.03. The molecule has 18 heavy (non-hydrogen) atoms. The zero-order chi connectivity index (χ0) is 13.0. The highest BCUT2D eigenvalue weighted by Gasteiger charge is 2.06. The van der Waals surface area contributed by atoms with Crippen LogP contribution in [0.4, 0.5) is 0 Å². The van der Waals surface area contributed by atoms with E-state index >= 15 is 0 Å². The Bertz CT molecular complexity index is 557. The van der Waals surface area contributed by atoms with Gasteiger partial charge >= 0.3 is 0 Å². The Morgan fingerprint density at radius 3 is 2.89 bits per heavy atom. The molecule has 0 spiro atoms. The molecule has 2 rings (SSSR count). The number of pyridine rings is 1. The predicted octanol–water partition coefficient (Wildman–Crippen LogP) is 1.53. The number of rotatable bonds is 4. The minimum atomic E-state index is -0.0705. The van der Waals surface area contributed by atoms with Crippen LogP contribution in [-0.4, -0.2) is 39.5 Å². The summed E-state index contributed by atoms with van der Waals surface area (Å²) in [6.45, 7) is 0.